The molecule has 1 aromatic carbocycles. The smallest absolute Gasteiger partial charge is 0.204 e. The molecule has 1 aliphatic rings. The van der Waals surface area contributed by atoms with Gasteiger partial charge in [-0.2, -0.15) is 0 Å². The summed E-state index contributed by atoms with van der Waals surface area (Å²) in [6, 6.07) is 6.54. The fourth-order valence-electron chi connectivity index (χ4n) is 3.65. The van der Waals surface area contributed by atoms with Gasteiger partial charge >= 0.3 is 0 Å². The van der Waals surface area contributed by atoms with E-state index in [1.807, 2.05) is 0 Å². The number of thiazole rings is 1. The zero-order valence-electron chi connectivity index (χ0n) is 14.9. The third-order valence-corrected chi connectivity index (χ3v) is 6.24. The van der Waals surface area contributed by atoms with Crippen LogP contribution in [0.5, 0.6) is 0 Å². The van der Waals surface area contributed by atoms with E-state index in [1.165, 1.54) is 18.5 Å². The number of fused-ring (bicyclic) bond motifs is 1. The van der Waals surface area contributed by atoms with E-state index in [0.29, 0.717) is 11.2 Å². The van der Waals surface area contributed by atoms with E-state index in [1.54, 1.807) is 11.3 Å². The molecule has 1 fully saturated rings. The Labute approximate surface area is 157 Å². The summed E-state index contributed by atoms with van der Waals surface area (Å²) in [7, 11) is 2.19. The van der Waals surface area contributed by atoms with Crippen LogP contribution in [0.2, 0.25) is 5.28 Å². The number of halogens is 1. The van der Waals surface area contributed by atoms with Crippen molar-refractivity contribution in [2.75, 3.05) is 20.1 Å². The molecule has 1 aliphatic heterocycles. The molecule has 0 aliphatic carbocycles. The minimum atomic E-state index is 0.277. The molecule has 0 unspecified atom stereocenters. The largest absolute Gasteiger partial charge is 0.312 e. The summed E-state index contributed by atoms with van der Waals surface area (Å²) in [5, 5.41) is 3.82. The number of para-hydroxylation sites is 1. The second kappa shape index (κ2) is 6.71. The van der Waals surface area contributed by atoms with Gasteiger partial charge in [-0.3, -0.25) is 0 Å². The highest BCUT2D eigenvalue weighted by molar-refractivity contribution is 7.13. The highest BCUT2D eigenvalue weighted by Crippen LogP contribution is 2.36. The first-order valence-electron chi connectivity index (χ1n) is 8.85. The van der Waals surface area contributed by atoms with E-state index in [4.69, 9.17) is 16.6 Å². The number of aromatic nitrogens is 3. The van der Waals surface area contributed by atoms with Gasteiger partial charge in [0, 0.05) is 22.9 Å². The Kier molecular flexibility index (Phi) is 4.56. The lowest BCUT2D eigenvalue weighted by Crippen LogP contribution is -2.29. The summed E-state index contributed by atoms with van der Waals surface area (Å²) in [5.74, 6) is 0.581. The Morgan fingerprint density at radius 2 is 1.96 bits per heavy atom. The van der Waals surface area contributed by atoms with Crippen LogP contribution in [0.1, 0.15) is 44.3 Å². The number of piperidine rings is 1. The number of imidazole rings is 1. The highest BCUT2D eigenvalue weighted by Gasteiger charge is 2.22. The second-order valence-corrected chi connectivity index (χ2v) is 8.37. The van der Waals surface area contributed by atoms with Crippen molar-refractivity contribution in [3.8, 4) is 10.6 Å². The lowest BCUT2D eigenvalue weighted by Gasteiger charge is -2.27. The molecule has 2 aromatic heterocycles. The standard InChI is InChI=1S/C19H23ClN4S/c1-12(2)24-16-6-4-5-14(17(16)22-19(24)20)18-21-15(11-25-18)13-7-9-23(3)10-8-13/h4-6,11-13H,7-10H2,1-3H3. The van der Waals surface area contributed by atoms with Crippen molar-refractivity contribution in [2.24, 2.45) is 0 Å². The van der Waals surface area contributed by atoms with Crippen molar-refractivity contribution in [1.82, 2.24) is 19.4 Å². The molecule has 132 valence electrons. The number of nitrogens with zero attached hydrogens (tertiary/aromatic N) is 4. The summed E-state index contributed by atoms with van der Waals surface area (Å²) in [6.45, 7) is 6.56. The molecule has 1 saturated heterocycles. The number of likely N-dealkylation sites (tertiary alicyclic amines) is 1. The summed E-state index contributed by atoms with van der Waals surface area (Å²) >= 11 is 8.11. The highest BCUT2D eigenvalue weighted by atomic mass is 35.5. The normalized spacial score (nSPS) is 17.0. The van der Waals surface area contributed by atoms with Crippen LogP contribution in [0.4, 0.5) is 0 Å². The minimum absolute atomic E-state index is 0.277. The van der Waals surface area contributed by atoms with Crippen LogP contribution in [-0.4, -0.2) is 39.6 Å². The molecular weight excluding hydrogens is 352 g/mol. The van der Waals surface area contributed by atoms with Crippen molar-refractivity contribution >= 4 is 34.0 Å². The maximum absolute atomic E-state index is 6.39. The lowest BCUT2D eigenvalue weighted by molar-refractivity contribution is 0.254. The number of rotatable bonds is 3. The van der Waals surface area contributed by atoms with Crippen LogP contribution in [-0.2, 0) is 0 Å². The van der Waals surface area contributed by atoms with E-state index in [9.17, 15) is 0 Å². The fourth-order valence-corrected chi connectivity index (χ4v) is 4.95. The molecule has 0 spiro atoms. The number of hydrogen-bond donors (Lipinski definition) is 0. The number of hydrogen-bond acceptors (Lipinski definition) is 4. The molecule has 0 bridgehead atoms. The first-order valence-corrected chi connectivity index (χ1v) is 10.1. The van der Waals surface area contributed by atoms with Crippen LogP contribution in [0.25, 0.3) is 21.6 Å². The predicted molar refractivity (Wildman–Crippen MR) is 106 cm³/mol. The molecule has 3 aromatic rings. The molecule has 6 heteroatoms. The van der Waals surface area contributed by atoms with Gasteiger partial charge in [0.1, 0.15) is 10.5 Å². The summed E-state index contributed by atoms with van der Waals surface area (Å²) in [6.07, 6.45) is 2.38. The van der Waals surface area contributed by atoms with Gasteiger partial charge in [0.2, 0.25) is 5.28 Å². The lowest BCUT2D eigenvalue weighted by atomic mass is 9.94. The molecule has 25 heavy (non-hydrogen) atoms. The third kappa shape index (κ3) is 3.09. The van der Waals surface area contributed by atoms with E-state index >= 15 is 0 Å². The maximum Gasteiger partial charge on any atom is 0.204 e. The van der Waals surface area contributed by atoms with Crippen LogP contribution in [0.15, 0.2) is 23.6 Å². The zero-order chi connectivity index (χ0) is 17.6. The van der Waals surface area contributed by atoms with Gasteiger partial charge in [0.05, 0.1) is 11.2 Å². The van der Waals surface area contributed by atoms with Crippen LogP contribution >= 0.6 is 22.9 Å². The topological polar surface area (TPSA) is 34.0 Å². The van der Waals surface area contributed by atoms with Crippen LogP contribution in [0, 0.1) is 0 Å². The molecule has 4 nitrogen and oxygen atoms in total. The van der Waals surface area contributed by atoms with Gasteiger partial charge in [0.25, 0.3) is 0 Å². The molecule has 0 atom stereocenters. The summed E-state index contributed by atoms with van der Waals surface area (Å²) < 4.78 is 2.08. The van der Waals surface area contributed by atoms with Crippen LogP contribution < -0.4 is 0 Å². The van der Waals surface area contributed by atoms with Gasteiger partial charge in [-0.05, 0) is 70.6 Å². The third-order valence-electron chi connectivity index (χ3n) is 5.08. The molecular formula is C19H23ClN4S. The molecule has 0 N–H and O–H groups in total. The second-order valence-electron chi connectivity index (χ2n) is 7.17. The fraction of sp³-hybridized carbons (Fsp3) is 0.474. The molecule has 3 heterocycles. The Morgan fingerprint density at radius 1 is 1.20 bits per heavy atom. The van der Waals surface area contributed by atoms with Crippen LogP contribution in [0.3, 0.4) is 0 Å². The summed E-state index contributed by atoms with van der Waals surface area (Å²) in [4.78, 5) is 12.0. The van der Waals surface area contributed by atoms with Gasteiger partial charge in [-0.15, -0.1) is 11.3 Å². The summed E-state index contributed by atoms with van der Waals surface area (Å²) in [5.41, 5.74) is 4.35. The van der Waals surface area contributed by atoms with Crippen molar-refractivity contribution < 1.29 is 0 Å². The minimum Gasteiger partial charge on any atom is -0.312 e. The Bertz CT molecular complexity index is 890. The average Bonchev–Trinajstić information content (AvgIpc) is 3.18. The quantitative estimate of drug-likeness (QED) is 0.631. The van der Waals surface area contributed by atoms with Crippen molar-refractivity contribution in [3.63, 3.8) is 0 Å². The molecule has 0 amide bonds. The Morgan fingerprint density at radius 3 is 2.68 bits per heavy atom. The molecule has 0 radical (unpaired) electrons. The number of benzene rings is 1. The maximum atomic E-state index is 6.39. The van der Waals surface area contributed by atoms with E-state index in [-0.39, 0.29) is 6.04 Å². The zero-order valence-corrected chi connectivity index (χ0v) is 16.4. The molecule has 4 rings (SSSR count). The van der Waals surface area contributed by atoms with Gasteiger partial charge in [-0.1, -0.05) is 6.07 Å². The van der Waals surface area contributed by atoms with E-state index in [0.717, 1.165) is 34.7 Å². The van der Waals surface area contributed by atoms with Gasteiger partial charge < -0.3 is 9.47 Å². The molecule has 0 saturated carbocycles. The first-order chi connectivity index (χ1) is 12.0. The average molecular weight is 375 g/mol. The Balaban J connectivity index is 1.72. The van der Waals surface area contributed by atoms with Crippen molar-refractivity contribution in [2.45, 2.75) is 38.6 Å². The predicted octanol–water partition coefficient (Wildman–Crippen LogP) is 5.20. The Hall–Kier alpha value is -1.43. The van der Waals surface area contributed by atoms with E-state index in [2.05, 4.69) is 58.9 Å². The van der Waals surface area contributed by atoms with Crippen molar-refractivity contribution in [1.29, 1.82) is 0 Å². The van der Waals surface area contributed by atoms with Crippen molar-refractivity contribution in [3.05, 3.63) is 34.6 Å². The van der Waals surface area contributed by atoms with Gasteiger partial charge in [-0.25, -0.2) is 9.97 Å². The van der Waals surface area contributed by atoms with E-state index < -0.39 is 0 Å². The monoisotopic (exact) mass is 374 g/mol. The first kappa shape index (κ1) is 17.0. The van der Waals surface area contributed by atoms with Gasteiger partial charge in [0.15, 0.2) is 0 Å². The SMILES string of the molecule is CC(C)n1c(Cl)nc2c(-c3nc(C4CCN(C)CC4)cs3)cccc21.